The van der Waals surface area contributed by atoms with Gasteiger partial charge in [0, 0.05) is 5.56 Å². The predicted octanol–water partition coefficient (Wildman–Crippen LogP) is 3.69. The van der Waals surface area contributed by atoms with Gasteiger partial charge in [-0.1, -0.05) is 37.8 Å². The summed E-state index contributed by atoms with van der Waals surface area (Å²) >= 11 is 0. The smallest absolute Gasteiger partial charge is 0.408 e. The van der Waals surface area contributed by atoms with Crippen molar-refractivity contribution in [1.29, 1.82) is 0 Å². The Kier molecular flexibility index (Phi) is 5.64. The molecule has 0 aliphatic rings. The van der Waals surface area contributed by atoms with Crippen molar-refractivity contribution in [1.82, 2.24) is 5.32 Å². The summed E-state index contributed by atoms with van der Waals surface area (Å²) in [6.45, 7) is 10.1. The molecule has 0 bridgehead atoms. The van der Waals surface area contributed by atoms with Gasteiger partial charge in [-0.05, 0) is 44.4 Å². The molecule has 0 saturated heterocycles. The highest BCUT2D eigenvalue weighted by Gasteiger charge is 2.14. The molecule has 0 aromatic heterocycles. The molecule has 0 radical (unpaired) electrons. The van der Waals surface area contributed by atoms with Crippen molar-refractivity contribution in [3.8, 4) is 11.8 Å². The van der Waals surface area contributed by atoms with Crippen molar-refractivity contribution in [3.63, 3.8) is 0 Å². The zero-order valence-corrected chi connectivity index (χ0v) is 12.9. The molecular formula is C17H23NO2. The number of carbonyl (C=O) groups excluding carboxylic acids is 1. The van der Waals surface area contributed by atoms with Gasteiger partial charge in [0.05, 0.1) is 6.54 Å². The van der Waals surface area contributed by atoms with Crippen molar-refractivity contribution in [2.24, 2.45) is 0 Å². The average Bonchev–Trinajstić information content (AvgIpc) is 2.33. The van der Waals surface area contributed by atoms with Crippen LogP contribution in [0.2, 0.25) is 0 Å². The number of amides is 1. The van der Waals surface area contributed by atoms with E-state index in [0.717, 1.165) is 5.56 Å². The Morgan fingerprint density at radius 2 is 1.85 bits per heavy atom. The molecule has 1 amide bonds. The molecule has 0 heterocycles. The van der Waals surface area contributed by atoms with Crippen molar-refractivity contribution in [2.75, 3.05) is 6.54 Å². The Morgan fingerprint density at radius 3 is 2.35 bits per heavy atom. The van der Waals surface area contributed by atoms with Gasteiger partial charge in [0.15, 0.2) is 0 Å². The van der Waals surface area contributed by atoms with Crippen molar-refractivity contribution >= 4 is 6.09 Å². The lowest BCUT2D eigenvalue weighted by Gasteiger charge is -2.18. The summed E-state index contributed by atoms with van der Waals surface area (Å²) in [5, 5.41) is 2.60. The molecule has 0 fully saturated rings. The minimum Gasteiger partial charge on any atom is -0.444 e. The first-order valence-electron chi connectivity index (χ1n) is 6.83. The summed E-state index contributed by atoms with van der Waals surface area (Å²) < 4.78 is 5.11. The van der Waals surface area contributed by atoms with Gasteiger partial charge in [0.25, 0.3) is 0 Å². The minimum absolute atomic E-state index is 0.279. The largest absolute Gasteiger partial charge is 0.444 e. The highest BCUT2D eigenvalue weighted by Crippen LogP contribution is 2.14. The number of hydrogen-bond acceptors (Lipinski definition) is 2. The second-order valence-corrected chi connectivity index (χ2v) is 5.93. The van der Waals surface area contributed by atoms with Crippen LogP contribution in [0.5, 0.6) is 0 Å². The first-order chi connectivity index (χ1) is 9.28. The van der Waals surface area contributed by atoms with Gasteiger partial charge in [0.2, 0.25) is 0 Å². The van der Waals surface area contributed by atoms with Crippen LogP contribution >= 0.6 is 0 Å². The maximum absolute atomic E-state index is 11.4. The van der Waals surface area contributed by atoms with E-state index in [1.165, 1.54) is 5.56 Å². The molecule has 20 heavy (non-hydrogen) atoms. The molecule has 0 unspecified atom stereocenters. The fourth-order valence-corrected chi connectivity index (χ4v) is 1.53. The summed E-state index contributed by atoms with van der Waals surface area (Å²) in [5.41, 5.74) is 1.76. The van der Waals surface area contributed by atoms with Gasteiger partial charge in [-0.25, -0.2) is 4.79 Å². The molecule has 108 valence electrons. The van der Waals surface area contributed by atoms with E-state index in [1.807, 2.05) is 32.9 Å². The Labute approximate surface area is 121 Å². The minimum atomic E-state index is -0.482. The third-order valence-corrected chi connectivity index (χ3v) is 2.53. The summed E-state index contributed by atoms with van der Waals surface area (Å²) in [6, 6.07) is 8.15. The summed E-state index contributed by atoms with van der Waals surface area (Å²) in [4.78, 5) is 11.4. The van der Waals surface area contributed by atoms with E-state index in [-0.39, 0.29) is 6.54 Å². The van der Waals surface area contributed by atoms with Crippen LogP contribution in [0.15, 0.2) is 24.3 Å². The third-order valence-electron chi connectivity index (χ3n) is 2.53. The molecular weight excluding hydrogens is 250 g/mol. The van der Waals surface area contributed by atoms with Gasteiger partial charge >= 0.3 is 6.09 Å². The lowest BCUT2D eigenvalue weighted by molar-refractivity contribution is 0.0535. The first kappa shape index (κ1) is 16.1. The van der Waals surface area contributed by atoms with Crippen LogP contribution in [0.25, 0.3) is 0 Å². The number of nitrogens with one attached hydrogen (secondary N) is 1. The Morgan fingerprint density at radius 1 is 1.25 bits per heavy atom. The molecule has 3 nitrogen and oxygen atoms in total. The third kappa shape index (κ3) is 6.29. The predicted molar refractivity (Wildman–Crippen MR) is 81.6 cm³/mol. The van der Waals surface area contributed by atoms with Gasteiger partial charge < -0.3 is 10.1 Å². The maximum Gasteiger partial charge on any atom is 0.408 e. The van der Waals surface area contributed by atoms with Crippen LogP contribution in [0.4, 0.5) is 4.79 Å². The quantitative estimate of drug-likeness (QED) is 0.835. The van der Waals surface area contributed by atoms with Crippen LogP contribution in [-0.4, -0.2) is 18.2 Å². The summed E-state index contributed by atoms with van der Waals surface area (Å²) in [5.74, 6) is 6.43. The average molecular weight is 273 g/mol. The number of ether oxygens (including phenoxy) is 1. The summed E-state index contributed by atoms with van der Waals surface area (Å²) in [6.07, 6.45) is -0.443. The number of rotatable bonds is 2. The standard InChI is InChI=1S/C17H23NO2/c1-13(2)15-10-8-14(9-11-15)7-6-12-18-16(19)20-17(3,4)5/h8-11,13H,12H2,1-5H3,(H,18,19). The molecule has 3 heteroatoms. The number of alkyl carbamates (subject to hydrolysis) is 1. The number of carbonyl (C=O) groups is 1. The second-order valence-electron chi connectivity index (χ2n) is 5.93. The molecule has 0 aliphatic carbocycles. The van der Waals surface area contributed by atoms with Crippen LogP contribution in [0.3, 0.4) is 0 Å². The number of benzene rings is 1. The zero-order valence-electron chi connectivity index (χ0n) is 12.9. The van der Waals surface area contributed by atoms with Gasteiger partial charge in [-0.3, -0.25) is 0 Å². The SMILES string of the molecule is CC(C)c1ccc(C#CCNC(=O)OC(C)(C)C)cc1. The zero-order chi connectivity index (χ0) is 15.2. The van der Waals surface area contributed by atoms with Crippen LogP contribution in [0, 0.1) is 11.8 Å². The van der Waals surface area contributed by atoms with E-state index >= 15 is 0 Å². The lowest BCUT2D eigenvalue weighted by Crippen LogP contribution is -2.32. The fourth-order valence-electron chi connectivity index (χ4n) is 1.53. The molecule has 1 N–H and O–H groups in total. The van der Waals surface area contributed by atoms with Gasteiger partial charge in [-0.15, -0.1) is 0 Å². The summed E-state index contributed by atoms with van der Waals surface area (Å²) in [7, 11) is 0. The normalized spacial score (nSPS) is 10.7. The first-order valence-corrected chi connectivity index (χ1v) is 6.83. The van der Waals surface area contributed by atoms with E-state index in [0.29, 0.717) is 5.92 Å². The molecule has 0 aliphatic heterocycles. The maximum atomic E-state index is 11.4. The van der Waals surface area contributed by atoms with E-state index in [9.17, 15) is 4.79 Å². The lowest BCUT2D eigenvalue weighted by atomic mass is 10.0. The molecule has 0 atom stereocenters. The molecule has 1 rings (SSSR count). The second kappa shape index (κ2) is 7.00. The van der Waals surface area contributed by atoms with Crippen LogP contribution in [0.1, 0.15) is 51.7 Å². The Hall–Kier alpha value is -1.95. The topological polar surface area (TPSA) is 38.3 Å². The van der Waals surface area contributed by atoms with Crippen molar-refractivity contribution in [3.05, 3.63) is 35.4 Å². The Balaban J connectivity index is 2.45. The van der Waals surface area contributed by atoms with E-state index < -0.39 is 11.7 Å². The van der Waals surface area contributed by atoms with E-state index in [2.05, 4.69) is 43.1 Å². The Bertz CT molecular complexity index is 499. The van der Waals surface area contributed by atoms with E-state index in [4.69, 9.17) is 4.74 Å². The van der Waals surface area contributed by atoms with E-state index in [1.54, 1.807) is 0 Å². The van der Waals surface area contributed by atoms with Crippen LogP contribution in [-0.2, 0) is 4.74 Å². The highest BCUT2D eigenvalue weighted by atomic mass is 16.6. The molecule has 0 saturated carbocycles. The highest BCUT2D eigenvalue weighted by molar-refractivity contribution is 5.68. The molecule has 1 aromatic rings. The monoisotopic (exact) mass is 273 g/mol. The fraction of sp³-hybridized carbons (Fsp3) is 0.471. The van der Waals surface area contributed by atoms with Gasteiger partial charge in [-0.2, -0.15) is 0 Å². The molecule has 1 aromatic carbocycles. The van der Waals surface area contributed by atoms with Crippen molar-refractivity contribution < 1.29 is 9.53 Å². The molecule has 0 spiro atoms. The van der Waals surface area contributed by atoms with Gasteiger partial charge in [0.1, 0.15) is 5.60 Å². The number of hydrogen-bond donors (Lipinski definition) is 1. The van der Waals surface area contributed by atoms with Crippen molar-refractivity contribution in [2.45, 2.75) is 46.1 Å². The van der Waals surface area contributed by atoms with Crippen LogP contribution < -0.4 is 5.32 Å².